The predicted molar refractivity (Wildman–Crippen MR) is 77.7 cm³/mol. The lowest BCUT2D eigenvalue weighted by atomic mass is 10.3. The van der Waals surface area contributed by atoms with Crippen molar-refractivity contribution in [3.05, 3.63) is 68.8 Å². The van der Waals surface area contributed by atoms with Crippen molar-refractivity contribution in [1.29, 1.82) is 0 Å². The molecule has 106 valence electrons. The molecule has 0 heterocycles. The second kappa shape index (κ2) is 6.48. The van der Waals surface area contributed by atoms with Gasteiger partial charge in [0.1, 0.15) is 0 Å². The minimum absolute atomic E-state index is 0.00809. The van der Waals surface area contributed by atoms with Gasteiger partial charge in [0, 0.05) is 24.3 Å². The van der Waals surface area contributed by atoms with Gasteiger partial charge < -0.3 is 0 Å². The molecule has 0 aromatic heterocycles. The van der Waals surface area contributed by atoms with Crippen LogP contribution >= 0.6 is 0 Å². The van der Waals surface area contributed by atoms with E-state index in [0.717, 1.165) is 11.4 Å². The smallest absolute Gasteiger partial charge is 0.258 e. The highest BCUT2D eigenvalue weighted by Crippen LogP contribution is 2.19. The van der Waals surface area contributed by atoms with E-state index in [9.17, 15) is 20.2 Å². The summed E-state index contributed by atoms with van der Waals surface area (Å²) in [5.74, 6) is 0. The number of hydrogen-bond acceptors (Lipinski definition) is 6. The molecule has 0 N–H and O–H groups in total. The Labute approximate surface area is 122 Å². The van der Waals surface area contributed by atoms with Crippen LogP contribution in [0.5, 0.6) is 0 Å². The molecule has 0 saturated heterocycles. The first-order valence-electron chi connectivity index (χ1n) is 5.63. The first-order valence-corrected chi connectivity index (χ1v) is 6.36. The zero-order valence-corrected chi connectivity index (χ0v) is 11.3. The molecule has 0 radical (unpaired) electrons. The number of nitro benzene ring substituents is 2. The second-order valence-corrected chi connectivity index (χ2v) is 4.34. The van der Waals surface area contributed by atoms with E-state index in [2.05, 4.69) is 8.73 Å². The van der Waals surface area contributed by atoms with Gasteiger partial charge in [-0.15, -0.1) is 0 Å². The molecular weight excluding hydrogens is 296 g/mol. The van der Waals surface area contributed by atoms with Gasteiger partial charge in [0.15, 0.2) is 0 Å². The third kappa shape index (κ3) is 4.01. The fourth-order valence-corrected chi connectivity index (χ4v) is 1.86. The van der Waals surface area contributed by atoms with Gasteiger partial charge in [0.25, 0.3) is 11.4 Å². The molecule has 0 saturated carbocycles. The van der Waals surface area contributed by atoms with E-state index in [1.807, 2.05) is 0 Å². The van der Waals surface area contributed by atoms with Gasteiger partial charge in [-0.3, -0.25) is 20.2 Å². The molecule has 2 aromatic rings. The summed E-state index contributed by atoms with van der Waals surface area (Å²) in [6.45, 7) is 0. The van der Waals surface area contributed by atoms with Crippen LogP contribution in [0.4, 0.5) is 22.7 Å². The topological polar surface area (TPSA) is 111 Å². The van der Waals surface area contributed by atoms with Gasteiger partial charge >= 0.3 is 0 Å². The quantitative estimate of drug-likeness (QED) is 0.629. The maximum absolute atomic E-state index is 10.5. The average molecular weight is 304 g/mol. The van der Waals surface area contributed by atoms with E-state index in [0.29, 0.717) is 11.4 Å². The van der Waals surface area contributed by atoms with Crippen LogP contribution in [0.25, 0.3) is 0 Å². The van der Waals surface area contributed by atoms with Crippen LogP contribution in [-0.4, -0.2) is 9.85 Å². The van der Waals surface area contributed by atoms with E-state index in [4.69, 9.17) is 0 Å². The number of rotatable bonds is 4. The van der Waals surface area contributed by atoms with Gasteiger partial charge in [-0.2, -0.15) is 8.73 Å². The van der Waals surface area contributed by atoms with Crippen molar-refractivity contribution in [2.45, 2.75) is 0 Å². The Balaban J connectivity index is 2.12. The number of nitro groups is 2. The van der Waals surface area contributed by atoms with Crippen molar-refractivity contribution in [1.82, 2.24) is 0 Å². The fraction of sp³-hybridized carbons (Fsp3) is 0. The van der Waals surface area contributed by atoms with Crippen LogP contribution in [0.15, 0.2) is 57.3 Å². The highest BCUT2D eigenvalue weighted by Gasteiger charge is 2.03. The van der Waals surface area contributed by atoms with Crippen molar-refractivity contribution >= 4 is 34.1 Å². The zero-order valence-electron chi connectivity index (χ0n) is 10.4. The van der Waals surface area contributed by atoms with Crippen LogP contribution < -0.4 is 0 Å². The normalized spacial score (nSPS) is 9.71. The molecule has 2 aromatic carbocycles. The summed E-state index contributed by atoms with van der Waals surface area (Å²) in [6.07, 6.45) is 0. The van der Waals surface area contributed by atoms with Crippen LogP contribution in [0.3, 0.4) is 0 Å². The standard InChI is InChI=1S/C12H8N4O4S/c17-15(18)11-5-1-9(2-6-11)13-21-14-10-3-7-12(8-4-10)16(19)20/h1-8H. The van der Waals surface area contributed by atoms with E-state index < -0.39 is 9.85 Å². The highest BCUT2D eigenvalue weighted by atomic mass is 32.1. The number of hydrogen-bond donors (Lipinski definition) is 0. The minimum Gasteiger partial charge on any atom is -0.258 e. The summed E-state index contributed by atoms with van der Waals surface area (Å²) < 4.78 is 8.11. The summed E-state index contributed by atoms with van der Waals surface area (Å²) in [7, 11) is 0. The van der Waals surface area contributed by atoms with E-state index in [1.165, 1.54) is 48.5 Å². The minimum atomic E-state index is -0.488. The average Bonchev–Trinajstić information content (AvgIpc) is 2.48. The Kier molecular flexibility index (Phi) is 4.46. The maximum atomic E-state index is 10.5. The maximum Gasteiger partial charge on any atom is 0.269 e. The van der Waals surface area contributed by atoms with Crippen LogP contribution in [0, 0.1) is 20.2 Å². The summed E-state index contributed by atoms with van der Waals surface area (Å²) in [5, 5.41) is 21.0. The Morgan fingerprint density at radius 2 is 1.05 bits per heavy atom. The lowest BCUT2D eigenvalue weighted by Gasteiger charge is -1.92. The third-order valence-electron chi connectivity index (χ3n) is 2.41. The largest absolute Gasteiger partial charge is 0.269 e. The van der Waals surface area contributed by atoms with E-state index in [1.54, 1.807) is 0 Å². The zero-order chi connectivity index (χ0) is 15.2. The van der Waals surface area contributed by atoms with Crippen molar-refractivity contribution in [3.63, 3.8) is 0 Å². The Bertz CT molecular complexity index is 675. The molecule has 0 aliphatic rings. The molecule has 8 nitrogen and oxygen atoms in total. The number of benzene rings is 2. The van der Waals surface area contributed by atoms with Crippen LogP contribution in [-0.2, 0) is 11.4 Å². The lowest BCUT2D eigenvalue weighted by molar-refractivity contribution is -0.385. The van der Waals surface area contributed by atoms with Gasteiger partial charge in [-0.1, -0.05) is 0 Å². The summed E-state index contributed by atoms with van der Waals surface area (Å²) in [5.41, 5.74) is 1.06. The van der Waals surface area contributed by atoms with Gasteiger partial charge in [0.05, 0.1) is 32.6 Å². The van der Waals surface area contributed by atoms with Gasteiger partial charge in [-0.05, 0) is 24.3 Å². The second-order valence-electron chi connectivity index (χ2n) is 3.81. The fourth-order valence-electron chi connectivity index (χ4n) is 1.39. The molecule has 0 aliphatic carbocycles. The predicted octanol–water partition coefficient (Wildman–Crippen LogP) is 3.92. The molecule has 9 heteroatoms. The third-order valence-corrected chi connectivity index (χ3v) is 3.00. The van der Waals surface area contributed by atoms with E-state index in [-0.39, 0.29) is 11.4 Å². The number of nitrogens with zero attached hydrogens (tertiary/aromatic N) is 4. The molecule has 2 rings (SSSR count). The first-order chi connectivity index (χ1) is 10.1. The van der Waals surface area contributed by atoms with Crippen LogP contribution in [0.1, 0.15) is 0 Å². The molecular formula is C12H8N4O4S. The Morgan fingerprint density at radius 1 is 0.714 bits per heavy atom. The SMILES string of the molecule is O=[N+]([O-])c1ccc(N=S=Nc2ccc([N+](=O)[O-])cc2)cc1. The summed E-state index contributed by atoms with van der Waals surface area (Å²) in [4.78, 5) is 20.0. The highest BCUT2D eigenvalue weighted by molar-refractivity contribution is 7.57. The lowest BCUT2D eigenvalue weighted by Crippen LogP contribution is -1.85. The Hall–Kier alpha value is -2.94. The summed E-state index contributed by atoms with van der Waals surface area (Å²) >= 11 is 0.898. The van der Waals surface area contributed by atoms with Crippen molar-refractivity contribution < 1.29 is 9.85 Å². The van der Waals surface area contributed by atoms with E-state index >= 15 is 0 Å². The molecule has 0 amide bonds. The molecule has 0 atom stereocenters. The van der Waals surface area contributed by atoms with Gasteiger partial charge in [0.2, 0.25) is 0 Å². The number of non-ortho nitro benzene ring substituents is 2. The molecule has 0 aliphatic heterocycles. The monoisotopic (exact) mass is 304 g/mol. The molecule has 0 spiro atoms. The first kappa shape index (κ1) is 14.5. The van der Waals surface area contributed by atoms with Gasteiger partial charge in [-0.25, -0.2) is 0 Å². The van der Waals surface area contributed by atoms with Crippen molar-refractivity contribution in [2.24, 2.45) is 8.73 Å². The molecule has 21 heavy (non-hydrogen) atoms. The van der Waals surface area contributed by atoms with Crippen molar-refractivity contribution in [2.75, 3.05) is 0 Å². The Morgan fingerprint density at radius 3 is 1.33 bits per heavy atom. The molecule has 0 bridgehead atoms. The molecule has 0 unspecified atom stereocenters. The van der Waals surface area contributed by atoms with Crippen molar-refractivity contribution in [3.8, 4) is 0 Å². The van der Waals surface area contributed by atoms with Crippen LogP contribution in [0.2, 0.25) is 0 Å². The molecule has 0 fully saturated rings. The summed E-state index contributed by atoms with van der Waals surface area (Å²) in [6, 6.07) is 11.5.